The standard InChI is InChI=1S/C12H8F2N4S/c1-6-2-8(5-15)18-12(17-6)19-11-9(13)3-7(16)4-10(11)14/h2-4H,16H2,1H3. The van der Waals surface area contributed by atoms with Gasteiger partial charge in [-0.05, 0) is 36.9 Å². The van der Waals surface area contributed by atoms with Gasteiger partial charge in [0.25, 0.3) is 0 Å². The fourth-order valence-electron chi connectivity index (χ4n) is 1.41. The Morgan fingerprint density at radius 1 is 1.21 bits per heavy atom. The SMILES string of the molecule is Cc1cc(C#N)nc(Sc2c(F)cc(N)cc2F)n1. The van der Waals surface area contributed by atoms with Gasteiger partial charge in [-0.1, -0.05) is 0 Å². The minimum Gasteiger partial charge on any atom is -0.399 e. The lowest BCUT2D eigenvalue weighted by molar-refractivity contribution is 0.541. The Kier molecular flexibility index (Phi) is 3.62. The maximum absolute atomic E-state index is 13.6. The summed E-state index contributed by atoms with van der Waals surface area (Å²) in [5.41, 5.74) is 6.02. The molecule has 0 aliphatic rings. The van der Waals surface area contributed by atoms with Crippen molar-refractivity contribution in [3.8, 4) is 6.07 Å². The fourth-order valence-corrected chi connectivity index (χ4v) is 2.24. The van der Waals surface area contributed by atoms with E-state index in [1.165, 1.54) is 6.07 Å². The lowest BCUT2D eigenvalue weighted by Gasteiger charge is -2.05. The van der Waals surface area contributed by atoms with Crippen LogP contribution in [-0.2, 0) is 0 Å². The molecule has 2 aromatic rings. The van der Waals surface area contributed by atoms with Crippen molar-refractivity contribution >= 4 is 17.4 Å². The van der Waals surface area contributed by atoms with E-state index in [-0.39, 0.29) is 21.4 Å². The maximum atomic E-state index is 13.6. The molecule has 4 nitrogen and oxygen atoms in total. The normalized spacial score (nSPS) is 10.2. The van der Waals surface area contributed by atoms with E-state index in [1.54, 1.807) is 6.92 Å². The maximum Gasteiger partial charge on any atom is 0.194 e. The summed E-state index contributed by atoms with van der Waals surface area (Å²) >= 11 is 0.714. The summed E-state index contributed by atoms with van der Waals surface area (Å²) in [5, 5.41) is 8.89. The minimum absolute atomic E-state index is 0.00206. The molecule has 19 heavy (non-hydrogen) atoms. The number of hydrogen-bond donors (Lipinski definition) is 1. The zero-order chi connectivity index (χ0) is 14.0. The quantitative estimate of drug-likeness (QED) is 0.675. The molecule has 1 aromatic heterocycles. The molecule has 1 aromatic carbocycles. The van der Waals surface area contributed by atoms with Gasteiger partial charge >= 0.3 is 0 Å². The number of halogens is 2. The Labute approximate surface area is 112 Å². The van der Waals surface area contributed by atoms with Crippen LogP contribution in [0, 0.1) is 29.9 Å². The molecule has 0 unspecified atom stereocenters. The van der Waals surface area contributed by atoms with Crippen LogP contribution in [0.4, 0.5) is 14.5 Å². The van der Waals surface area contributed by atoms with Gasteiger partial charge in [-0.15, -0.1) is 0 Å². The van der Waals surface area contributed by atoms with Crippen LogP contribution in [0.3, 0.4) is 0 Å². The number of nitriles is 1. The van der Waals surface area contributed by atoms with Gasteiger partial charge in [-0.3, -0.25) is 0 Å². The lowest BCUT2D eigenvalue weighted by atomic mass is 10.3. The van der Waals surface area contributed by atoms with Gasteiger partial charge in [0, 0.05) is 11.4 Å². The molecule has 0 aliphatic carbocycles. The summed E-state index contributed by atoms with van der Waals surface area (Å²) in [6.45, 7) is 1.67. The molecule has 96 valence electrons. The summed E-state index contributed by atoms with van der Waals surface area (Å²) in [4.78, 5) is 7.65. The average Bonchev–Trinajstić information content (AvgIpc) is 2.33. The van der Waals surface area contributed by atoms with Crippen molar-refractivity contribution in [2.24, 2.45) is 0 Å². The van der Waals surface area contributed by atoms with Gasteiger partial charge in [0.1, 0.15) is 23.4 Å². The second kappa shape index (κ2) is 5.20. The number of nitrogen functional groups attached to an aromatic ring is 1. The highest BCUT2D eigenvalue weighted by molar-refractivity contribution is 7.99. The van der Waals surface area contributed by atoms with Gasteiger partial charge in [0.2, 0.25) is 0 Å². The molecule has 0 amide bonds. The Balaban J connectivity index is 2.42. The van der Waals surface area contributed by atoms with E-state index in [4.69, 9.17) is 11.0 Å². The number of aromatic nitrogens is 2. The molecule has 0 bridgehead atoms. The van der Waals surface area contributed by atoms with Gasteiger partial charge in [0.05, 0.1) is 4.90 Å². The van der Waals surface area contributed by atoms with E-state index >= 15 is 0 Å². The molecule has 0 atom stereocenters. The smallest absolute Gasteiger partial charge is 0.194 e. The first-order chi connectivity index (χ1) is 8.99. The summed E-state index contributed by atoms with van der Waals surface area (Å²) in [7, 11) is 0. The molecule has 0 saturated heterocycles. The van der Waals surface area contributed by atoms with Crippen LogP contribution < -0.4 is 5.73 Å². The molecule has 2 rings (SSSR count). The molecule has 0 saturated carbocycles. The Morgan fingerprint density at radius 3 is 2.42 bits per heavy atom. The average molecular weight is 278 g/mol. The van der Waals surface area contributed by atoms with E-state index in [0.717, 1.165) is 12.1 Å². The molecule has 0 fully saturated rings. The lowest BCUT2D eigenvalue weighted by Crippen LogP contribution is -1.97. The topological polar surface area (TPSA) is 75.6 Å². The summed E-state index contributed by atoms with van der Waals surface area (Å²) in [5.74, 6) is -1.57. The van der Waals surface area contributed by atoms with Crippen molar-refractivity contribution in [2.75, 3.05) is 5.73 Å². The Bertz CT molecular complexity index is 659. The van der Waals surface area contributed by atoms with Crippen LogP contribution in [0.25, 0.3) is 0 Å². The summed E-state index contributed by atoms with van der Waals surface area (Å²) in [6, 6.07) is 5.39. The highest BCUT2D eigenvalue weighted by Crippen LogP contribution is 2.31. The number of nitrogens with zero attached hydrogens (tertiary/aromatic N) is 3. The first-order valence-electron chi connectivity index (χ1n) is 5.17. The van der Waals surface area contributed by atoms with Crippen molar-refractivity contribution < 1.29 is 8.78 Å². The Hall–Kier alpha value is -2.20. The van der Waals surface area contributed by atoms with Gasteiger partial charge in [-0.2, -0.15) is 5.26 Å². The third-order valence-corrected chi connectivity index (χ3v) is 3.12. The summed E-state index contributed by atoms with van der Waals surface area (Å²) in [6.07, 6.45) is 0. The third-order valence-electron chi connectivity index (χ3n) is 2.16. The number of nitrogens with two attached hydrogens (primary N) is 1. The number of rotatable bonds is 2. The van der Waals surface area contributed by atoms with E-state index in [0.29, 0.717) is 17.5 Å². The predicted molar refractivity (Wildman–Crippen MR) is 66.4 cm³/mol. The Morgan fingerprint density at radius 2 is 1.84 bits per heavy atom. The highest BCUT2D eigenvalue weighted by Gasteiger charge is 2.14. The van der Waals surface area contributed by atoms with Crippen molar-refractivity contribution in [3.63, 3.8) is 0 Å². The number of anilines is 1. The zero-order valence-electron chi connectivity index (χ0n) is 9.82. The van der Waals surface area contributed by atoms with E-state index in [9.17, 15) is 8.78 Å². The number of benzene rings is 1. The van der Waals surface area contributed by atoms with Crippen molar-refractivity contribution in [1.29, 1.82) is 5.26 Å². The molecular weight excluding hydrogens is 270 g/mol. The van der Waals surface area contributed by atoms with Crippen LogP contribution in [0.15, 0.2) is 28.3 Å². The number of hydrogen-bond acceptors (Lipinski definition) is 5. The minimum atomic E-state index is -0.786. The predicted octanol–water partition coefficient (Wildman–Crippen LogP) is 2.67. The van der Waals surface area contributed by atoms with E-state index < -0.39 is 11.6 Å². The largest absolute Gasteiger partial charge is 0.399 e. The fraction of sp³-hybridized carbons (Fsp3) is 0.0833. The van der Waals surface area contributed by atoms with Crippen LogP contribution in [0.1, 0.15) is 11.4 Å². The molecule has 7 heteroatoms. The van der Waals surface area contributed by atoms with Gasteiger partial charge < -0.3 is 5.73 Å². The second-order valence-corrected chi connectivity index (χ2v) is 4.68. The van der Waals surface area contributed by atoms with Crippen molar-refractivity contribution in [2.45, 2.75) is 17.0 Å². The molecule has 2 N–H and O–H groups in total. The molecule has 0 spiro atoms. The van der Waals surface area contributed by atoms with Crippen LogP contribution in [0.2, 0.25) is 0 Å². The molecule has 0 radical (unpaired) electrons. The summed E-state index contributed by atoms with van der Waals surface area (Å²) < 4.78 is 27.2. The third kappa shape index (κ3) is 2.98. The van der Waals surface area contributed by atoms with Crippen LogP contribution >= 0.6 is 11.8 Å². The van der Waals surface area contributed by atoms with Crippen molar-refractivity contribution in [1.82, 2.24) is 9.97 Å². The van der Waals surface area contributed by atoms with E-state index in [1.807, 2.05) is 6.07 Å². The first-order valence-corrected chi connectivity index (χ1v) is 5.99. The van der Waals surface area contributed by atoms with Crippen LogP contribution in [-0.4, -0.2) is 9.97 Å². The molecule has 1 heterocycles. The molecular formula is C12H8F2N4S. The number of aryl methyl sites for hydroxylation is 1. The van der Waals surface area contributed by atoms with Gasteiger partial charge in [0.15, 0.2) is 5.16 Å². The van der Waals surface area contributed by atoms with Gasteiger partial charge in [-0.25, -0.2) is 18.7 Å². The monoisotopic (exact) mass is 278 g/mol. The first kappa shape index (κ1) is 13.2. The zero-order valence-corrected chi connectivity index (χ0v) is 10.6. The molecule has 0 aliphatic heterocycles. The highest BCUT2D eigenvalue weighted by atomic mass is 32.2. The van der Waals surface area contributed by atoms with Crippen LogP contribution in [0.5, 0.6) is 0 Å². The second-order valence-electron chi connectivity index (χ2n) is 3.70. The van der Waals surface area contributed by atoms with Crippen molar-refractivity contribution in [3.05, 3.63) is 41.2 Å². The van der Waals surface area contributed by atoms with E-state index in [2.05, 4.69) is 9.97 Å².